The number of aliphatic hydroxyl groups excluding tert-OH is 2. The Bertz CT molecular complexity index is 4700. The van der Waals surface area contributed by atoms with Crippen molar-refractivity contribution in [1.29, 1.82) is 0 Å². The van der Waals surface area contributed by atoms with Crippen molar-refractivity contribution in [3.8, 4) is 24.2 Å². The van der Waals surface area contributed by atoms with Crippen LogP contribution in [0.1, 0.15) is 123 Å². The molecule has 0 spiro atoms. The molecule has 6 aromatic carbocycles. The molecule has 12 rings (SSSR count). The first-order valence-corrected chi connectivity index (χ1v) is 33.2. The molecule has 0 radical (unpaired) electrons. The minimum Gasteiger partial charge on any atom is -0.468 e. The van der Waals surface area contributed by atoms with E-state index in [-0.39, 0.29) is 66.6 Å². The number of aromatic amines is 3. The number of nitrogens with two attached hydrogens (primary N) is 1. The Balaban J connectivity index is 0.000000191. The topological polar surface area (TPSA) is 389 Å². The van der Waals surface area contributed by atoms with Gasteiger partial charge in [0.15, 0.2) is 0 Å². The fraction of sp³-hybridized carbons (Fsp3) is 0.240. The van der Waals surface area contributed by atoms with Crippen molar-refractivity contribution in [1.82, 2.24) is 29.8 Å². The van der Waals surface area contributed by atoms with E-state index in [1.165, 1.54) is 46.6 Å². The highest BCUT2D eigenvalue weighted by atomic mass is 79.9. The van der Waals surface area contributed by atoms with E-state index >= 15 is 0 Å². The number of rotatable bonds is 18. The molecular formula is C75H71Br2N7O19. The largest absolute Gasteiger partial charge is 0.468 e. The number of halogens is 2. The van der Waals surface area contributed by atoms with Crippen LogP contribution in [-0.4, -0.2) is 171 Å². The molecule has 0 saturated carbocycles. The van der Waals surface area contributed by atoms with Gasteiger partial charge in [0.1, 0.15) is 18.1 Å². The van der Waals surface area contributed by atoms with Crippen LogP contribution in [0, 0.1) is 24.2 Å². The first kappa shape index (κ1) is 79.0. The predicted octanol–water partition coefficient (Wildman–Crippen LogP) is 8.22. The van der Waals surface area contributed by atoms with Gasteiger partial charge >= 0.3 is 29.8 Å². The maximum absolute atomic E-state index is 12.9. The summed E-state index contributed by atoms with van der Waals surface area (Å²) in [7, 11) is 5.01. The molecule has 9 aromatic rings. The first-order chi connectivity index (χ1) is 49.1. The molecule has 3 atom stereocenters. The van der Waals surface area contributed by atoms with Crippen molar-refractivity contribution in [2.45, 2.75) is 75.9 Å². The number of ether oxygens (including phenoxy) is 4. The molecule has 3 aliphatic heterocycles. The molecule has 534 valence electrons. The van der Waals surface area contributed by atoms with Gasteiger partial charge < -0.3 is 60.2 Å². The van der Waals surface area contributed by atoms with E-state index in [1.807, 2.05) is 60.8 Å². The number of benzene rings is 6. The predicted molar refractivity (Wildman–Crippen MR) is 383 cm³/mol. The number of nitrogens with one attached hydrogen (secondary N) is 3. The van der Waals surface area contributed by atoms with Crippen LogP contribution in [-0.2, 0) is 67.0 Å². The molecule has 0 aliphatic carbocycles. The molecule has 3 aliphatic rings. The maximum Gasteiger partial charge on any atom is 0.364 e. The van der Waals surface area contributed by atoms with Gasteiger partial charge in [-0.15, -0.1) is 17.4 Å². The van der Waals surface area contributed by atoms with Gasteiger partial charge in [0.25, 0.3) is 35.4 Å². The Morgan fingerprint density at radius 1 is 0.524 bits per heavy atom. The number of terminal acetylenes is 1. The Morgan fingerprint density at radius 2 is 0.913 bits per heavy atom. The highest BCUT2D eigenvalue weighted by molar-refractivity contribution is 9.10. The number of H-pyrrole nitrogens is 3. The van der Waals surface area contributed by atoms with Crippen LogP contribution >= 0.6 is 31.9 Å². The van der Waals surface area contributed by atoms with Gasteiger partial charge in [-0.25, -0.2) is 19.2 Å². The van der Waals surface area contributed by atoms with Gasteiger partial charge in [0.2, 0.25) is 0 Å². The van der Waals surface area contributed by atoms with Crippen LogP contribution in [0.3, 0.4) is 0 Å². The number of esters is 4. The van der Waals surface area contributed by atoms with E-state index in [0.29, 0.717) is 41.9 Å². The van der Waals surface area contributed by atoms with E-state index in [9.17, 15) is 52.7 Å². The van der Waals surface area contributed by atoms with Crippen LogP contribution in [0.4, 0.5) is 0 Å². The number of amides is 6. The molecule has 103 heavy (non-hydrogen) atoms. The molecule has 3 aromatic heterocycles. The van der Waals surface area contributed by atoms with Crippen molar-refractivity contribution >= 4 is 130 Å². The highest BCUT2D eigenvalue weighted by Crippen LogP contribution is 2.32. The number of fused-ring (bicyclic) bond motifs is 5. The Kier molecular flexibility index (Phi) is 28.6. The van der Waals surface area contributed by atoms with Crippen molar-refractivity contribution in [3.63, 3.8) is 0 Å². The number of nitrogens with zero attached hydrogens (tertiary/aromatic N) is 3. The third-order valence-electron chi connectivity index (χ3n) is 16.1. The van der Waals surface area contributed by atoms with Gasteiger partial charge in [-0.3, -0.25) is 43.4 Å². The second kappa shape index (κ2) is 37.3. The smallest absolute Gasteiger partial charge is 0.364 e. The lowest BCUT2D eigenvalue weighted by Gasteiger charge is -2.23. The third-order valence-corrected chi connectivity index (χ3v) is 17.1. The number of aromatic nitrogens is 3. The number of aliphatic hydroxyl groups is 2. The molecule has 1 fully saturated rings. The van der Waals surface area contributed by atoms with Crippen LogP contribution in [0.2, 0.25) is 0 Å². The minimum atomic E-state index is -1.08. The average molecular weight is 1530 g/mol. The average Bonchev–Trinajstić information content (AvgIpc) is 1.62. The number of carbonyl (C=O) groups is 11. The molecule has 1 saturated heterocycles. The molecule has 28 heteroatoms. The van der Waals surface area contributed by atoms with E-state index in [0.717, 1.165) is 80.1 Å². The van der Waals surface area contributed by atoms with Crippen molar-refractivity contribution in [2.75, 3.05) is 41.7 Å². The van der Waals surface area contributed by atoms with E-state index < -0.39 is 83.4 Å². The second-order valence-corrected chi connectivity index (χ2v) is 24.4. The Labute approximate surface area is 606 Å². The number of hydrogen-bond acceptors (Lipinski definition) is 19. The molecule has 9 N–H and O–H groups in total. The Hall–Kier alpha value is -11.4. The molecule has 0 bridgehead atoms. The lowest BCUT2D eigenvalue weighted by molar-refractivity contribution is -0.172. The zero-order chi connectivity index (χ0) is 73.7. The van der Waals surface area contributed by atoms with Crippen LogP contribution in [0.5, 0.6) is 0 Å². The van der Waals surface area contributed by atoms with Gasteiger partial charge in [0, 0.05) is 124 Å². The summed E-state index contributed by atoms with van der Waals surface area (Å²) in [4.78, 5) is 150. The summed E-state index contributed by atoms with van der Waals surface area (Å²) in [6, 6.07) is 33.5. The highest BCUT2D eigenvalue weighted by Gasteiger charge is 2.45. The second-order valence-electron chi connectivity index (χ2n) is 22.6. The zero-order valence-corrected chi connectivity index (χ0v) is 59.2. The SMILES string of the molecule is C#CCCCO.COC(=O)[C@@H](N)Cc1c[nH]c2cc(Br)ccc12.COC(=O)[C@H](Cc1c[nH]c2cc(Br)ccc12)N1C(=O)c2ccccc2C1=O.COC(=O)[C@H](Cc1c[nH]c2cc(C#CCCCO)ccc12)N1C(=O)c2ccccc2C1=O.COC(=O)c1ccccc1C(=O)ON1C(=O)CCC1=O.O. The fourth-order valence-electron chi connectivity index (χ4n) is 11.0. The van der Waals surface area contributed by atoms with E-state index in [4.69, 9.17) is 36.7 Å². The number of carbonyl (C=O) groups excluding carboxylic acids is 11. The van der Waals surface area contributed by atoms with Crippen molar-refractivity contribution in [2.24, 2.45) is 5.73 Å². The maximum atomic E-state index is 12.9. The summed E-state index contributed by atoms with van der Waals surface area (Å²) >= 11 is 6.83. The van der Waals surface area contributed by atoms with Crippen LogP contribution in [0.25, 0.3) is 32.7 Å². The summed E-state index contributed by atoms with van der Waals surface area (Å²) in [6.07, 6.45) is 13.7. The van der Waals surface area contributed by atoms with Crippen molar-refractivity contribution in [3.05, 3.63) is 211 Å². The van der Waals surface area contributed by atoms with Gasteiger partial charge in [0.05, 0.1) is 61.8 Å². The van der Waals surface area contributed by atoms with Crippen LogP contribution < -0.4 is 5.73 Å². The fourth-order valence-corrected chi connectivity index (χ4v) is 11.8. The number of methoxy groups -OCH3 is 4. The van der Waals surface area contributed by atoms with E-state index in [2.05, 4.69) is 74.0 Å². The lowest BCUT2D eigenvalue weighted by atomic mass is 10.0. The standard InChI is InChI=1S/C25H22N2O5.C20H15BrN2O4.C13H11NO6.C12H13BrN2O2.C5H8O.H2O/c1-32-25(31)22(27-23(29)19-8-4-5-9-20(19)24(27)30)14-17-15-26-21-13-16(10-11-18(17)21)7-3-2-6-12-28;1-27-20(26)17(8-11-10-22-16-9-12(21)6-7-13(11)16)23-18(24)14-4-2-3-5-15(14)19(23)25;1-19-12(17)8-4-2-3-5-9(8)13(18)20-14-10(15)6-7-11(14)16;1-17-12(16)10(14)4-7-6-15-11-5-8(13)2-3-9(7)11;1-2-3-4-5-6;/h4-5,8-11,13,15,22,26,28H,2,6,12,14H2,1H3;2-7,9-10,17,22H,8H2,1H3;2-5H,6-7H2,1H3;2-3,5-6,10,15H,4,14H2,1H3;1,6H,3-5H2;1H2/t22-;17-;;10-;;/m00.0../s1. The summed E-state index contributed by atoms with van der Waals surface area (Å²) in [6.45, 7) is 0.326. The number of hydroxylamine groups is 2. The van der Waals surface area contributed by atoms with Gasteiger partial charge in [-0.2, -0.15) is 0 Å². The van der Waals surface area contributed by atoms with Crippen LogP contribution in [0.15, 0.2) is 155 Å². The number of unbranched alkanes of at least 4 members (excludes halogenated alkanes) is 2. The first-order valence-electron chi connectivity index (χ1n) is 31.6. The lowest BCUT2D eigenvalue weighted by Crippen LogP contribution is -2.46. The number of imide groups is 3. The van der Waals surface area contributed by atoms with Gasteiger partial charge in [-0.05, 0) is 102 Å². The molecule has 0 unspecified atom stereocenters. The molecule has 26 nitrogen and oxygen atoms in total. The minimum absolute atomic E-state index is 0. The number of hydrogen-bond donors (Lipinski definition) is 6. The zero-order valence-electron chi connectivity index (χ0n) is 56.0. The molecular weight excluding hydrogens is 1460 g/mol. The van der Waals surface area contributed by atoms with E-state index in [1.54, 1.807) is 67.0 Å². The normalized spacial score (nSPS) is 13.3. The summed E-state index contributed by atoms with van der Waals surface area (Å²) < 4.78 is 20.9. The van der Waals surface area contributed by atoms with Crippen molar-refractivity contribution < 1.29 is 92.2 Å². The summed E-state index contributed by atoms with van der Waals surface area (Å²) in [5, 5.41) is 20.2. The van der Waals surface area contributed by atoms with Gasteiger partial charge in [-0.1, -0.05) is 98.3 Å². The molecule has 6 amide bonds. The Morgan fingerprint density at radius 3 is 1.31 bits per heavy atom. The monoisotopic (exact) mass is 1530 g/mol. The molecule has 6 heterocycles. The third kappa shape index (κ3) is 19.0. The quantitative estimate of drug-likeness (QED) is 0.0155. The summed E-state index contributed by atoms with van der Waals surface area (Å²) in [5.41, 5.74) is 13.0. The summed E-state index contributed by atoms with van der Waals surface area (Å²) in [5.74, 6) is 2.02.